The molecule has 0 unspecified atom stereocenters. The molecule has 0 radical (unpaired) electrons. The lowest BCUT2D eigenvalue weighted by Crippen LogP contribution is -2.61. The van der Waals surface area contributed by atoms with Gasteiger partial charge in [-0.15, -0.1) is 0 Å². The van der Waals surface area contributed by atoms with Gasteiger partial charge in [0.1, 0.15) is 12.4 Å². The molecule has 0 saturated carbocycles. The van der Waals surface area contributed by atoms with Crippen molar-refractivity contribution in [2.24, 2.45) is 0 Å². The van der Waals surface area contributed by atoms with Gasteiger partial charge in [0.2, 0.25) is 0 Å². The van der Waals surface area contributed by atoms with Crippen LogP contribution >= 0.6 is 11.6 Å². The van der Waals surface area contributed by atoms with E-state index in [1.807, 2.05) is 31.2 Å². The molecule has 1 N–H and O–H groups in total. The molecule has 0 bridgehead atoms. The van der Waals surface area contributed by atoms with Crippen molar-refractivity contribution in [3.05, 3.63) is 29.3 Å². The van der Waals surface area contributed by atoms with Crippen molar-refractivity contribution in [1.29, 1.82) is 0 Å². The minimum atomic E-state index is -0.468. The van der Waals surface area contributed by atoms with Crippen LogP contribution in [0, 0.1) is 0 Å². The van der Waals surface area contributed by atoms with E-state index in [0.29, 0.717) is 11.6 Å². The lowest BCUT2D eigenvalue weighted by Gasteiger charge is -2.46. The Morgan fingerprint density at radius 2 is 2.12 bits per heavy atom. The minimum absolute atomic E-state index is 0.468. The number of likely N-dealkylation sites (tertiary alicyclic amines) is 1. The van der Waals surface area contributed by atoms with Gasteiger partial charge in [-0.3, -0.25) is 4.90 Å². The van der Waals surface area contributed by atoms with Crippen molar-refractivity contribution < 1.29 is 9.84 Å². The monoisotopic (exact) mass is 255 g/mol. The van der Waals surface area contributed by atoms with Gasteiger partial charge < -0.3 is 9.84 Å². The molecule has 1 aliphatic rings. The Balaban J connectivity index is 1.70. The van der Waals surface area contributed by atoms with Gasteiger partial charge in [-0.05, 0) is 18.6 Å². The van der Waals surface area contributed by atoms with E-state index in [4.69, 9.17) is 16.3 Å². The Labute approximate surface area is 107 Å². The van der Waals surface area contributed by atoms with Gasteiger partial charge in [-0.1, -0.05) is 30.7 Å². The molecule has 0 aromatic heterocycles. The number of benzene rings is 1. The molecule has 1 heterocycles. The van der Waals surface area contributed by atoms with E-state index >= 15 is 0 Å². The molecule has 1 aliphatic heterocycles. The third-order valence-corrected chi connectivity index (χ3v) is 3.51. The van der Waals surface area contributed by atoms with Gasteiger partial charge in [0.25, 0.3) is 0 Å². The summed E-state index contributed by atoms with van der Waals surface area (Å²) >= 11 is 5.98. The second-order valence-electron chi connectivity index (χ2n) is 4.57. The fraction of sp³-hybridized carbons (Fsp3) is 0.538. The number of nitrogens with zero attached hydrogens (tertiary/aromatic N) is 1. The van der Waals surface area contributed by atoms with Gasteiger partial charge in [-0.2, -0.15) is 0 Å². The maximum absolute atomic E-state index is 9.85. The summed E-state index contributed by atoms with van der Waals surface area (Å²) in [5.41, 5.74) is -0.468. The average molecular weight is 256 g/mol. The maximum Gasteiger partial charge on any atom is 0.137 e. The second-order valence-corrected chi connectivity index (χ2v) is 4.97. The van der Waals surface area contributed by atoms with Crippen LogP contribution in [0.15, 0.2) is 24.3 Å². The van der Waals surface area contributed by atoms with E-state index < -0.39 is 5.60 Å². The first kappa shape index (κ1) is 12.7. The average Bonchev–Trinajstić information content (AvgIpc) is 2.29. The predicted octanol–water partition coefficient (Wildman–Crippen LogP) is 2.18. The van der Waals surface area contributed by atoms with Crippen molar-refractivity contribution in [2.75, 3.05) is 26.2 Å². The number of aliphatic hydroxyl groups is 1. The third kappa shape index (κ3) is 3.12. The van der Waals surface area contributed by atoms with Crippen LogP contribution in [0.3, 0.4) is 0 Å². The highest BCUT2D eigenvalue weighted by atomic mass is 35.5. The predicted molar refractivity (Wildman–Crippen MR) is 68.6 cm³/mol. The summed E-state index contributed by atoms with van der Waals surface area (Å²) in [6, 6.07) is 7.46. The zero-order valence-corrected chi connectivity index (χ0v) is 10.8. The molecule has 0 amide bonds. The van der Waals surface area contributed by atoms with Crippen molar-refractivity contribution in [3.63, 3.8) is 0 Å². The van der Waals surface area contributed by atoms with E-state index in [1.165, 1.54) is 0 Å². The Kier molecular flexibility index (Phi) is 3.92. The highest BCUT2D eigenvalue weighted by Crippen LogP contribution is 2.25. The molecule has 2 rings (SSSR count). The molecule has 94 valence electrons. The number of rotatable bonds is 5. The molecule has 0 aliphatic carbocycles. The van der Waals surface area contributed by atoms with E-state index in [1.54, 1.807) is 0 Å². The fourth-order valence-electron chi connectivity index (χ4n) is 2.01. The number of hydrogen-bond donors (Lipinski definition) is 1. The quantitative estimate of drug-likeness (QED) is 0.875. The van der Waals surface area contributed by atoms with Crippen molar-refractivity contribution >= 4 is 11.6 Å². The molecule has 0 spiro atoms. The van der Waals surface area contributed by atoms with Crippen LogP contribution in [-0.2, 0) is 0 Å². The fourth-order valence-corrected chi connectivity index (χ4v) is 2.20. The summed E-state index contributed by atoms with van der Waals surface area (Å²) in [4.78, 5) is 2.18. The summed E-state index contributed by atoms with van der Waals surface area (Å²) in [6.45, 7) is 4.93. The molecule has 17 heavy (non-hydrogen) atoms. The van der Waals surface area contributed by atoms with E-state index in [9.17, 15) is 5.11 Å². The summed E-state index contributed by atoms with van der Waals surface area (Å²) < 4.78 is 5.59. The van der Waals surface area contributed by atoms with Crippen LogP contribution in [-0.4, -0.2) is 41.8 Å². The zero-order valence-electron chi connectivity index (χ0n) is 10.0. The normalized spacial score (nSPS) is 18.8. The summed E-state index contributed by atoms with van der Waals surface area (Å²) in [5, 5.41) is 10.5. The largest absolute Gasteiger partial charge is 0.491 e. The standard InChI is InChI=1S/C13H18ClNO2/c1-2-13(16)9-15(10-13)7-8-17-12-6-4-3-5-11(12)14/h3-6,16H,2,7-10H2,1H3. The number of halogens is 1. The molecule has 0 atom stereocenters. The van der Waals surface area contributed by atoms with Crippen molar-refractivity contribution in [1.82, 2.24) is 4.90 Å². The van der Waals surface area contributed by atoms with Gasteiger partial charge >= 0.3 is 0 Å². The SMILES string of the molecule is CCC1(O)CN(CCOc2ccccc2Cl)C1. The van der Waals surface area contributed by atoms with Crippen LogP contribution in [0.2, 0.25) is 5.02 Å². The Hall–Kier alpha value is -0.770. The van der Waals surface area contributed by atoms with Crippen LogP contribution in [0.25, 0.3) is 0 Å². The van der Waals surface area contributed by atoms with Crippen LogP contribution in [0.4, 0.5) is 0 Å². The molecule has 1 fully saturated rings. The Morgan fingerprint density at radius 3 is 2.76 bits per heavy atom. The molecule has 1 saturated heterocycles. The highest BCUT2D eigenvalue weighted by Gasteiger charge is 2.38. The summed E-state index contributed by atoms with van der Waals surface area (Å²) in [7, 11) is 0. The minimum Gasteiger partial charge on any atom is -0.491 e. The highest BCUT2D eigenvalue weighted by molar-refractivity contribution is 6.32. The molecule has 4 heteroatoms. The summed E-state index contributed by atoms with van der Waals surface area (Å²) in [5.74, 6) is 0.723. The topological polar surface area (TPSA) is 32.7 Å². The third-order valence-electron chi connectivity index (χ3n) is 3.20. The van der Waals surface area contributed by atoms with E-state index in [2.05, 4.69) is 4.90 Å². The van der Waals surface area contributed by atoms with E-state index in [0.717, 1.165) is 31.8 Å². The van der Waals surface area contributed by atoms with Crippen LogP contribution in [0.1, 0.15) is 13.3 Å². The first-order chi connectivity index (χ1) is 8.13. The number of β-amino-alcohol motifs (C(OH)–C–C–N with tert-alkyl or cyclic N) is 1. The van der Waals surface area contributed by atoms with Crippen molar-refractivity contribution in [3.8, 4) is 5.75 Å². The number of hydrogen-bond acceptors (Lipinski definition) is 3. The van der Waals surface area contributed by atoms with Gasteiger partial charge in [0.15, 0.2) is 0 Å². The molecule has 1 aromatic carbocycles. The van der Waals surface area contributed by atoms with E-state index in [-0.39, 0.29) is 0 Å². The molecule has 3 nitrogen and oxygen atoms in total. The first-order valence-corrected chi connectivity index (χ1v) is 6.33. The van der Waals surface area contributed by atoms with Gasteiger partial charge in [0, 0.05) is 19.6 Å². The molecule has 1 aromatic rings. The molecular weight excluding hydrogens is 238 g/mol. The lowest BCUT2D eigenvalue weighted by atomic mass is 9.91. The van der Waals surface area contributed by atoms with Crippen LogP contribution < -0.4 is 4.74 Å². The second kappa shape index (κ2) is 5.25. The number of ether oxygens (including phenoxy) is 1. The summed E-state index contributed by atoms with van der Waals surface area (Å²) in [6.07, 6.45) is 0.814. The molecular formula is C13H18ClNO2. The zero-order chi connectivity index (χ0) is 12.3. The van der Waals surface area contributed by atoms with Crippen molar-refractivity contribution in [2.45, 2.75) is 18.9 Å². The Morgan fingerprint density at radius 1 is 1.41 bits per heavy atom. The maximum atomic E-state index is 9.85. The first-order valence-electron chi connectivity index (χ1n) is 5.95. The van der Waals surface area contributed by atoms with Gasteiger partial charge in [0.05, 0.1) is 10.6 Å². The van der Waals surface area contributed by atoms with Crippen LogP contribution in [0.5, 0.6) is 5.75 Å². The Bertz CT molecular complexity index is 377. The van der Waals surface area contributed by atoms with Gasteiger partial charge in [-0.25, -0.2) is 0 Å². The smallest absolute Gasteiger partial charge is 0.137 e. The lowest BCUT2D eigenvalue weighted by molar-refractivity contribution is -0.102. The number of para-hydroxylation sites is 1.